The third-order valence-corrected chi connectivity index (χ3v) is 5.77. The first-order valence-electron chi connectivity index (χ1n) is 9.28. The van der Waals surface area contributed by atoms with E-state index in [9.17, 15) is 0 Å². The average molecular weight is 337 g/mol. The van der Waals surface area contributed by atoms with E-state index in [1.54, 1.807) is 0 Å². The van der Waals surface area contributed by atoms with Crippen molar-refractivity contribution in [3.63, 3.8) is 0 Å². The molecule has 2 heterocycles. The molecule has 1 aromatic carbocycles. The van der Waals surface area contributed by atoms with Crippen LogP contribution in [0.15, 0.2) is 47.7 Å². The number of likely N-dealkylation sites (tertiary alicyclic amines) is 1. The summed E-state index contributed by atoms with van der Waals surface area (Å²) in [6.07, 6.45) is 9.42. The molecule has 5 nitrogen and oxygen atoms in total. The number of benzene rings is 1. The topological polar surface area (TPSA) is 45.5 Å². The Labute approximate surface area is 149 Å². The van der Waals surface area contributed by atoms with Crippen LogP contribution in [0.5, 0.6) is 0 Å². The summed E-state index contributed by atoms with van der Waals surface area (Å²) < 4.78 is 2.20. The second-order valence-corrected chi connectivity index (χ2v) is 7.38. The van der Waals surface area contributed by atoms with Crippen molar-refractivity contribution in [2.45, 2.75) is 38.8 Å². The number of hydrogen-bond donors (Lipinski definition) is 1. The van der Waals surface area contributed by atoms with E-state index in [0.717, 1.165) is 31.4 Å². The van der Waals surface area contributed by atoms with Gasteiger partial charge in [-0.3, -0.25) is 4.99 Å². The van der Waals surface area contributed by atoms with Crippen molar-refractivity contribution >= 4 is 5.96 Å². The average Bonchev–Trinajstić information content (AvgIpc) is 3.24. The zero-order valence-corrected chi connectivity index (χ0v) is 15.0. The van der Waals surface area contributed by atoms with Crippen LogP contribution in [0, 0.1) is 5.41 Å². The Hall–Kier alpha value is -2.30. The number of nitrogens with one attached hydrogen (secondary N) is 1. The number of rotatable bonds is 4. The molecule has 1 aromatic heterocycles. The third-order valence-electron chi connectivity index (χ3n) is 5.77. The van der Waals surface area contributed by atoms with Crippen LogP contribution in [0.4, 0.5) is 0 Å². The fraction of sp³-hybridized carbons (Fsp3) is 0.500. The molecule has 0 atom stereocenters. The first-order chi connectivity index (χ1) is 12.3. The highest BCUT2D eigenvalue weighted by molar-refractivity contribution is 5.80. The van der Waals surface area contributed by atoms with E-state index in [4.69, 9.17) is 0 Å². The van der Waals surface area contributed by atoms with Gasteiger partial charge in [-0.2, -0.15) is 0 Å². The zero-order valence-electron chi connectivity index (χ0n) is 15.0. The minimum absolute atomic E-state index is 0.587. The van der Waals surface area contributed by atoms with Gasteiger partial charge >= 0.3 is 0 Å². The number of imidazole rings is 1. The highest BCUT2D eigenvalue weighted by atomic mass is 15.3. The Morgan fingerprint density at radius 2 is 2.08 bits per heavy atom. The van der Waals surface area contributed by atoms with Gasteiger partial charge in [-0.25, -0.2) is 4.98 Å². The fourth-order valence-electron chi connectivity index (χ4n) is 4.12. The molecule has 0 bridgehead atoms. The second-order valence-electron chi connectivity index (χ2n) is 7.38. The van der Waals surface area contributed by atoms with E-state index < -0.39 is 0 Å². The van der Waals surface area contributed by atoms with Gasteiger partial charge in [-0.15, -0.1) is 0 Å². The summed E-state index contributed by atoms with van der Waals surface area (Å²) in [4.78, 5) is 11.4. The molecule has 5 heteroatoms. The summed E-state index contributed by atoms with van der Waals surface area (Å²) in [5.41, 5.74) is 1.88. The zero-order chi connectivity index (χ0) is 17.1. The summed E-state index contributed by atoms with van der Waals surface area (Å²) >= 11 is 0. The molecule has 1 aliphatic heterocycles. The molecular formula is C20H27N5. The highest BCUT2D eigenvalue weighted by Gasteiger charge is 2.43. The lowest BCUT2D eigenvalue weighted by Crippen LogP contribution is -2.42. The number of hydrogen-bond acceptors (Lipinski definition) is 2. The summed E-state index contributed by atoms with van der Waals surface area (Å²) in [5, 5.41) is 3.52. The first-order valence-corrected chi connectivity index (χ1v) is 9.28. The largest absolute Gasteiger partial charge is 0.349 e. The molecule has 4 rings (SSSR count). The summed E-state index contributed by atoms with van der Waals surface area (Å²) in [6, 6.07) is 10.5. The number of guanidine groups is 1. The summed E-state index contributed by atoms with van der Waals surface area (Å²) in [6.45, 7) is 3.84. The van der Waals surface area contributed by atoms with Gasteiger partial charge in [-0.1, -0.05) is 36.8 Å². The maximum atomic E-state index is 4.53. The lowest BCUT2D eigenvalue weighted by Gasteiger charge is -2.38. The van der Waals surface area contributed by atoms with Crippen molar-refractivity contribution < 1.29 is 0 Å². The normalized spacial score (nSPS) is 19.2. The molecule has 2 aromatic rings. The van der Waals surface area contributed by atoms with Gasteiger partial charge < -0.3 is 14.8 Å². The van der Waals surface area contributed by atoms with E-state index in [1.165, 1.54) is 31.2 Å². The highest BCUT2D eigenvalue weighted by Crippen LogP contribution is 2.47. The maximum absolute atomic E-state index is 4.53. The molecule has 1 saturated heterocycles. The molecule has 2 aliphatic rings. The predicted molar refractivity (Wildman–Crippen MR) is 100 cm³/mol. The molecule has 132 valence electrons. The van der Waals surface area contributed by atoms with Crippen molar-refractivity contribution in [1.29, 1.82) is 0 Å². The lowest BCUT2D eigenvalue weighted by atomic mass is 9.68. The Kier molecular flexibility index (Phi) is 4.47. The standard InChI is InChI=1S/C20H27N5/c1-21-19(25-12-10-20(16-25)8-5-9-20)23-14-18-22-11-13-24(18)15-17-6-3-2-4-7-17/h2-4,6-7,11,13H,5,8-10,12,14-16H2,1H3,(H,21,23). The molecule has 0 unspecified atom stereocenters. The monoisotopic (exact) mass is 337 g/mol. The van der Waals surface area contributed by atoms with E-state index in [1.807, 2.05) is 19.4 Å². The van der Waals surface area contributed by atoms with Crippen LogP contribution in [-0.4, -0.2) is 40.5 Å². The Morgan fingerprint density at radius 3 is 2.76 bits per heavy atom. The Balaban J connectivity index is 1.37. The van der Waals surface area contributed by atoms with Crippen LogP contribution in [0.1, 0.15) is 37.1 Å². The van der Waals surface area contributed by atoms with E-state index in [0.29, 0.717) is 12.0 Å². The molecule has 0 radical (unpaired) electrons. The molecular weight excluding hydrogens is 310 g/mol. The van der Waals surface area contributed by atoms with Crippen molar-refractivity contribution in [2.75, 3.05) is 20.1 Å². The van der Waals surface area contributed by atoms with Crippen molar-refractivity contribution in [3.05, 3.63) is 54.1 Å². The number of aliphatic imine (C=N–C) groups is 1. The van der Waals surface area contributed by atoms with Gasteiger partial charge in [0, 0.05) is 39.1 Å². The Bertz CT molecular complexity index is 730. The lowest BCUT2D eigenvalue weighted by molar-refractivity contribution is 0.151. The van der Waals surface area contributed by atoms with Crippen LogP contribution in [-0.2, 0) is 13.1 Å². The molecule has 2 fully saturated rings. The van der Waals surface area contributed by atoms with Gasteiger partial charge in [0.2, 0.25) is 0 Å². The van der Waals surface area contributed by atoms with Crippen molar-refractivity contribution in [1.82, 2.24) is 19.8 Å². The van der Waals surface area contributed by atoms with Crippen LogP contribution in [0.3, 0.4) is 0 Å². The van der Waals surface area contributed by atoms with Crippen molar-refractivity contribution in [3.8, 4) is 0 Å². The minimum atomic E-state index is 0.587. The van der Waals surface area contributed by atoms with E-state index in [-0.39, 0.29) is 0 Å². The van der Waals surface area contributed by atoms with Crippen molar-refractivity contribution in [2.24, 2.45) is 10.4 Å². The molecule has 0 amide bonds. The van der Waals surface area contributed by atoms with Gasteiger partial charge in [0.25, 0.3) is 0 Å². The van der Waals surface area contributed by atoms with Gasteiger partial charge in [-0.05, 0) is 30.2 Å². The quantitative estimate of drug-likeness (QED) is 0.689. The third kappa shape index (κ3) is 3.41. The van der Waals surface area contributed by atoms with Gasteiger partial charge in [0.1, 0.15) is 5.82 Å². The molecule has 1 N–H and O–H groups in total. The van der Waals surface area contributed by atoms with Crippen LogP contribution < -0.4 is 5.32 Å². The summed E-state index contributed by atoms with van der Waals surface area (Å²) in [5.74, 6) is 2.06. The second kappa shape index (κ2) is 6.90. The molecule has 1 spiro atoms. The number of nitrogens with zero attached hydrogens (tertiary/aromatic N) is 4. The van der Waals surface area contributed by atoms with Crippen LogP contribution in [0.2, 0.25) is 0 Å². The number of aromatic nitrogens is 2. The SMILES string of the molecule is CN=C(NCc1nccn1Cc1ccccc1)N1CCC2(CCC2)C1. The maximum Gasteiger partial charge on any atom is 0.194 e. The van der Waals surface area contributed by atoms with E-state index >= 15 is 0 Å². The molecule has 1 saturated carbocycles. The van der Waals surface area contributed by atoms with E-state index in [2.05, 4.69) is 55.1 Å². The van der Waals surface area contributed by atoms with Gasteiger partial charge in [0.05, 0.1) is 6.54 Å². The minimum Gasteiger partial charge on any atom is -0.349 e. The fourth-order valence-corrected chi connectivity index (χ4v) is 4.12. The smallest absolute Gasteiger partial charge is 0.194 e. The molecule has 1 aliphatic carbocycles. The molecule has 25 heavy (non-hydrogen) atoms. The van der Waals surface area contributed by atoms with Gasteiger partial charge in [0.15, 0.2) is 5.96 Å². The van der Waals surface area contributed by atoms with Crippen LogP contribution in [0.25, 0.3) is 0 Å². The first kappa shape index (κ1) is 16.2. The predicted octanol–water partition coefficient (Wildman–Crippen LogP) is 2.88. The van der Waals surface area contributed by atoms with Crippen LogP contribution >= 0.6 is 0 Å². The Morgan fingerprint density at radius 1 is 1.24 bits per heavy atom. The summed E-state index contributed by atoms with van der Waals surface area (Å²) in [7, 11) is 1.88.